The van der Waals surface area contributed by atoms with Gasteiger partial charge in [-0.3, -0.25) is 4.79 Å². The van der Waals surface area contributed by atoms with Gasteiger partial charge in [-0.1, -0.05) is 5.16 Å². The highest BCUT2D eigenvalue weighted by molar-refractivity contribution is 7.09. The molecule has 0 atom stereocenters. The number of hydrogen-bond donors (Lipinski definition) is 1. The maximum absolute atomic E-state index is 13.2. The van der Waals surface area contributed by atoms with E-state index < -0.39 is 5.82 Å². The molecule has 7 heteroatoms. The third-order valence-corrected chi connectivity index (χ3v) is 3.52. The van der Waals surface area contributed by atoms with E-state index in [1.54, 1.807) is 0 Å². The SMILES string of the molecule is Cc1nc(CC(=O)Nc2noc3ccc(F)cc23)cs1. The van der Waals surface area contributed by atoms with Crippen LogP contribution < -0.4 is 5.32 Å². The minimum absolute atomic E-state index is 0.147. The smallest absolute Gasteiger partial charge is 0.231 e. The Balaban J connectivity index is 1.79. The summed E-state index contributed by atoms with van der Waals surface area (Å²) in [5, 5.41) is 9.51. The number of rotatable bonds is 3. The fourth-order valence-electron chi connectivity index (χ4n) is 1.83. The minimum Gasteiger partial charge on any atom is -0.354 e. The number of nitrogens with one attached hydrogen (secondary N) is 1. The molecule has 0 bridgehead atoms. The first-order valence-electron chi connectivity index (χ1n) is 5.87. The lowest BCUT2D eigenvalue weighted by atomic mass is 10.2. The van der Waals surface area contributed by atoms with E-state index in [9.17, 15) is 9.18 Å². The van der Waals surface area contributed by atoms with Gasteiger partial charge in [0.05, 0.1) is 22.5 Å². The van der Waals surface area contributed by atoms with Crippen LogP contribution in [0, 0.1) is 12.7 Å². The first kappa shape index (κ1) is 12.7. The van der Waals surface area contributed by atoms with Crippen molar-refractivity contribution in [2.45, 2.75) is 13.3 Å². The van der Waals surface area contributed by atoms with Gasteiger partial charge >= 0.3 is 0 Å². The number of aromatic nitrogens is 2. The predicted octanol–water partition coefficient (Wildman–Crippen LogP) is 2.91. The number of benzene rings is 1. The van der Waals surface area contributed by atoms with Gasteiger partial charge in [0.15, 0.2) is 11.4 Å². The lowest BCUT2D eigenvalue weighted by Gasteiger charge is -1.99. The number of amides is 1. The molecule has 1 amide bonds. The maximum atomic E-state index is 13.2. The maximum Gasteiger partial charge on any atom is 0.231 e. The number of hydrogen-bond acceptors (Lipinski definition) is 5. The number of halogens is 1. The van der Waals surface area contributed by atoms with Gasteiger partial charge in [0, 0.05) is 5.38 Å². The van der Waals surface area contributed by atoms with E-state index in [2.05, 4.69) is 15.5 Å². The van der Waals surface area contributed by atoms with Crippen LogP contribution in [0.3, 0.4) is 0 Å². The first-order valence-corrected chi connectivity index (χ1v) is 6.75. The van der Waals surface area contributed by atoms with Crippen molar-refractivity contribution < 1.29 is 13.7 Å². The van der Waals surface area contributed by atoms with Crippen LogP contribution in [0.5, 0.6) is 0 Å². The molecule has 0 spiro atoms. The highest BCUT2D eigenvalue weighted by atomic mass is 32.1. The van der Waals surface area contributed by atoms with Gasteiger partial charge in [-0.15, -0.1) is 11.3 Å². The molecule has 2 heterocycles. The molecule has 0 aliphatic rings. The second-order valence-electron chi connectivity index (χ2n) is 4.25. The van der Waals surface area contributed by atoms with E-state index in [-0.39, 0.29) is 18.1 Å². The van der Waals surface area contributed by atoms with Gasteiger partial charge < -0.3 is 9.84 Å². The number of fused-ring (bicyclic) bond motifs is 1. The predicted molar refractivity (Wildman–Crippen MR) is 73.2 cm³/mol. The van der Waals surface area contributed by atoms with E-state index >= 15 is 0 Å². The number of aryl methyl sites for hydroxylation is 1. The van der Waals surface area contributed by atoms with Crippen LogP contribution in [-0.2, 0) is 11.2 Å². The van der Waals surface area contributed by atoms with E-state index in [0.29, 0.717) is 16.7 Å². The fraction of sp³-hybridized carbons (Fsp3) is 0.154. The number of anilines is 1. The second-order valence-corrected chi connectivity index (χ2v) is 5.32. The Morgan fingerprint density at radius 1 is 1.50 bits per heavy atom. The van der Waals surface area contributed by atoms with Crippen molar-refractivity contribution in [1.29, 1.82) is 0 Å². The van der Waals surface area contributed by atoms with Crippen molar-refractivity contribution in [3.63, 3.8) is 0 Å². The molecule has 102 valence electrons. The zero-order chi connectivity index (χ0) is 14.1. The Bertz CT molecular complexity index is 781. The summed E-state index contributed by atoms with van der Waals surface area (Å²) in [6.45, 7) is 1.87. The number of carbonyl (C=O) groups is 1. The van der Waals surface area contributed by atoms with Crippen molar-refractivity contribution in [3.05, 3.63) is 40.1 Å². The van der Waals surface area contributed by atoms with Crippen molar-refractivity contribution in [1.82, 2.24) is 10.1 Å². The standard InChI is InChI=1S/C13H10FN3O2S/c1-7-15-9(6-20-7)5-12(18)16-13-10-4-8(14)2-3-11(10)19-17-13/h2-4,6H,5H2,1H3,(H,16,17,18). The Labute approximate surface area is 117 Å². The molecule has 0 aliphatic heterocycles. The summed E-state index contributed by atoms with van der Waals surface area (Å²) in [4.78, 5) is 16.1. The van der Waals surface area contributed by atoms with Gasteiger partial charge in [-0.2, -0.15) is 0 Å². The zero-order valence-corrected chi connectivity index (χ0v) is 11.3. The summed E-state index contributed by atoms with van der Waals surface area (Å²) in [6, 6.07) is 4.02. The molecule has 2 aromatic heterocycles. The number of thiazole rings is 1. The lowest BCUT2D eigenvalue weighted by molar-refractivity contribution is -0.115. The van der Waals surface area contributed by atoms with Crippen LogP contribution in [0.2, 0.25) is 0 Å². The summed E-state index contributed by atoms with van der Waals surface area (Å²) in [5.41, 5.74) is 1.12. The summed E-state index contributed by atoms with van der Waals surface area (Å²) in [5.74, 6) is -0.461. The third-order valence-electron chi connectivity index (χ3n) is 2.70. The Morgan fingerprint density at radius 2 is 2.35 bits per heavy atom. The van der Waals surface area contributed by atoms with Crippen LogP contribution in [0.1, 0.15) is 10.7 Å². The van der Waals surface area contributed by atoms with Gasteiger partial charge in [0.25, 0.3) is 0 Å². The summed E-state index contributed by atoms with van der Waals surface area (Å²) < 4.78 is 18.2. The average Bonchev–Trinajstić information content (AvgIpc) is 2.97. The Morgan fingerprint density at radius 3 is 3.10 bits per heavy atom. The van der Waals surface area contributed by atoms with Gasteiger partial charge in [-0.05, 0) is 25.1 Å². The molecule has 1 N–H and O–H groups in total. The molecule has 3 aromatic rings. The number of nitrogens with zero attached hydrogens (tertiary/aromatic N) is 2. The molecule has 1 aromatic carbocycles. The quantitative estimate of drug-likeness (QED) is 0.805. The third kappa shape index (κ3) is 2.53. The summed E-state index contributed by atoms with van der Waals surface area (Å²) in [7, 11) is 0. The zero-order valence-electron chi connectivity index (χ0n) is 10.5. The van der Waals surface area contributed by atoms with Gasteiger partial charge in [-0.25, -0.2) is 9.37 Å². The lowest BCUT2D eigenvalue weighted by Crippen LogP contribution is -2.15. The Hall–Kier alpha value is -2.28. The molecular weight excluding hydrogens is 281 g/mol. The monoisotopic (exact) mass is 291 g/mol. The van der Waals surface area contributed by atoms with Crippen molar-refractivity contribution in [3.8, 4) is 0 Å². The van der Waals surface area contributed by atoms with Gasteiger partial charge in [0.2, 0.25) is 5.91 Å². The van der Waals surface area contributed by atoms with Crippen LogP contribution in [0.4, 0.5) is 10.2 Å². The molecule has 20 heavy (non-hydrogen) atoms. The molecule has 3 rings (SSSR count). The average molecular weight is 291 g/mol. The molecule has 0 radical (unpaired) electrons. The summed E-state index contributed by atoms with van der Waals surface area (Å²) >= 11 is 1.48. The molecule has 5 nitrogen and oxygen atoms in total. The van der Waals surface area contributed by atoms with Crippen LogP contribution >= 0.6 is 11.3 Å². The van der Waals surface area contributed by atoms with Crippen LogP contribution in [-0.4, -0.2) is 16.0 Å². The van der Waals surface area contributed by atoms with Crippen LogP contribution in [0.25, 0.3) is 11.0 Å². The summed E-state index contributed by atoms with van der Waals surface area (Å²) in [6.07, 6.45) is 0.147. The molecular formula is C13H10FN3O2S. The molecule has 0 fully saturated rings. The van der Waals surface area contributed by atoms with Crippen molar-refractivity contribution >= 4 is 34.0 Å². The van der Waals surface area contributed by atoms with E-state index in [1.807, 2.05) is 12.3 Å². The van der Waals surface area contributed by atoms with E-state index in [4.69, 9.17) is 4.52 Å². The molecule has 0 unspecified atom stereocenters. The topological polar surface area (TPSA) is 68.0 Å². The molecule has 0 saturated carbocycles. The van der Waals surface area contributed by atoms with E-state index in [1.165, 1.54) is 29.5 Å². The highest BCUT2D eigenvalue weighted by Crippen LogP contribution is 2.23. The minimum atomic E-state index is -0.411. The van der Waals surface area contributed by atoms with Crippen LogP contribution in [0.15, 0.2) is 28.1 Å². The highest BCUT2D eigenvalue weighted by Gasteiger charge is 2.13. The van der Waals surface area contributed by atoms with Gasteiger partial charge in [0.1, 0.15) is 5.82 Å². The normalized spacial score (nSPS) is 10.9. The molecule has 0 aliphatic carbocycles. The van der Waals surface area contributed by atoms with E-state index in [0.717, 1.165) is 5.01 Å². The fourth-order valence-corrected chi connectivity index (χ4v) is 2.44. The molecule has 0 saturated heterocycles. The first-order chi connectivity index (χ1) is 9.61. The van der Waals surface area contributed by atoms with Crippen molar-refractivity contribution in [2.24, 2.45) is 0 Å². The van der Waals surface area contributed by atoms with Crippen molar-refractivity contribution in [2.75, 3.05) is 5.32 Å². The number of carbonyl (C=O) groups excluding carboxylic acids is 1. The Kier molecular flexibility index (Phi) is 3.19. The second kappa shape index (κ2) is 5.01. The largest absolute Gasteiger partial charge is 0.354 e.